The Balaban J connectivity index is 0.000000161. The molecule has 0 aromatic heterocycles. The molecule has 0 saturated heterocycles. The molecule has 12 aromatic carbocycles. The maximum atomic E-state index is 12.9. The van der Waals surface area contributed by atoms with E-state index in [1.807, 2.05) is 126 Å². The van der Waals surface area contributed by atoms with Gasteiger partial charge in [-0.2, -0.15) is 0 Å². The van der Waals surface area contributed by atoms with Crippen molar-refractivity contribution >= 4 is 157 Å². The Morgan fingerprint density at radius 1 is 0.303 bits per heavy atom. The average molecular weight is 1800 g/mol. The van der Waals surface area contributed by atoms with Gasteiger partial charge in [0.15, 0.2) is 44.1 Å². The molecular formula is C84H69BrCl2I3O6S3+3. The van der Waals surface area contributed by atoms with E-state index in [0.717, 1.165) is 31.9 Å². The van der Waals surface area contributed by atoms with Crippen LogP contribution in [0.2, 0.25) is 10.0 Å². The first-order valence-electron chi connectivity index (χ1n) is 31.5. The number of rotatable bonds is 18. The fourth-order valence-electron chi connectivity index (χ4n) is 10.5. The van der Waals surface area contributed by atoms with E-state index in [1.54, 1.807) is 30.3 Å². The molecule has 0 unspecified atom stereocenters. The van der Waals surface area contributed by atoms with Crippen LogP contribution in [-0.4, -0.2) is 17.9 Å². The molecule has 0 heterocycles. The molecule has 15 heteroatoms. The molecule has 99 heavy (non-hydrogen) atoms. The summed E-state index contributed by atoms with van der Waals surface area (Å²) in [7, 11) is -0.653. The van der Waals surface area contributed by atoms with Crippen molar-refractivity contribution in [1.82, 2.24) is 0 Å². The van der Waals surface area contributed by atoms with Crippen LogP contribution in [0.4, 0.5) is 0 Å². The molecule has 0 atom stereocenters. The van der Waals surface area contributed by atoms with Crippen molar-refractivity contribution in [2.75, 3.05) is 0 Å². The van der Waals surface area contributed by atoms with Gasteiger partial charge in [0.1, 0.15) is 16.8 Å². The second kappa shape index (κ2) is 34.8. The van der Waals surface area contributed by atoms with Crippen LogP contribution < -0.4 is 0 Å². The van der Waals surface area contributed by atoms with Gasteiger partial charge >= 0.3 is 17.9 Å². The summed E-state index contributed by atoms with van der Waals surface area (Å²) in [4.78, 5) is 49.8. The van der Waals surface area contributed by atoms with E-state index in [4.69, 9.17) is 37.4 Å². The number of hydrogen-bond acceptors (Lipinski definition) is 6. The standard InChI is InChI=1S/C28H23BrIO2S.2C28H23ClIO2S/c1-28(2,32-27(31)25-19-21(29)15-18-26(25)30)20-13-16-24(17-14-20)33(22-9-5-3-6-10-22)23-11-7-4-8-12-23;1-28(2,32-27(31)25-19-21(30)15-18-26(25)29)20-13-16-24(17-14-20)33(22-9-5-3-6-10-22)23-11-7-4-8-12-23;1-28(2,32-27(31)25-18-15-21(30)19-26(25)29)20-13-16-24(17-14-20)33(22-9-5-3-6-10-22)23-11-7-4-8-12-23/h3*3-19H,1-2H3/q3*+1. The maximum absolute atomic E-state index is 12.9. The third-order valence-corrected chi connectivity index (χ3v) is 25.8. The Labute approximate surface area is 649 Å². The van der Waals surface area contributed by atoms with Gasteiger partial charge in [0.25, 0.3) is 0 Å². The number of carbonyl (C=O) groups excluding carboxylic acids is 3. The first kappa shape index (κ1) is 75.0. The van der Waals surface area contributed by atoms with Crippen LogP contribution >= 0.6 is 107 Å². The van der Waals surface area contributed by atoms with E-state index < -0.39 is 28.7 Å². The Morgan fingerprint density at radius 2 is 0.576 bits per heavy atom. The Bertz CT molecular complexity index is 4360. The minimum absolute atomic E-state index is 0.210. The smallest absolute Gasteiger partial charge is 0.340 e. The molecule has 0 fully saturated rings. The van der Waals surface area contributed by atoms with Crippen molar-refractivity contribution in [3.63, 3.8) is 0 Å². The lowest BCUT2D eigenvalue weighted by Gasteiger charge is -2.26. The number of benzene rings is 12. The van der Waals surface area contributed by atoms with Gasteiger partial charge in [0, 0.05) is 15.2 Å². The molecular weight excluding hydrogens is 1730 g/mol. The first-order valence-corrected chi connectivity index (χ1v) is 39.9. The van der Waals surface area contributed by atoms with Crippen LogP contribution in [-0.2, 0) is 63.7 Å². The lowest BCUT2D eigenvalue weighted by Crippen LogP contribution is -2.26. The zero-order valence-corrected chi connectivity index (χ0v) is 66.9. The minimum atomic E-state index is -0.807. The molecule has 0 aliphatic heterocycles. The van der Waals surface area contributed by atoms with Crippen molar-refractivity contribution in [3.05, 3.63) is 368 Å². The molecule has 0 radical (unpaired) electrons. The third-order valence-electron chi connectivity index (χ3n) is 15.7. The molecule has 6 nitrogen and oxygen atoms in total. The summed E-state index contributed by atoms with van der Waals surface area (Å²) in [6, 6.07) is 105. The zero-order chi connectivity index (χ0) is 70.3. The van der Waals surface area contributed by atoms with Crippen molar-refractivity contribution in [2.45, 2.75) is 102 Å². The molecule has 0 N–H and O–H groups in total. The maximum Gasteiger partial charge on any atom is 0.340 e. The van der Waals surface area contributed by atoms with Crippen LogP contribution in [0.5, 0.6) is 0 Å². The van der Waals surface area contributed by atoms with Crippen molar-refractivity contribution < 1.29 is 28.6 Å². The van der Waals surface area contributed by atoms with Gasteiger partial charge in [-0.05, 0) is 290 Å². The molecule has 12 rings (SSSR count). The monoisotopic (exact) mass is 1800 g/mol. The van der Waals surface area contributed by atoms with Gasteiger partial charge in [-0.1, -0.05) is 185 Å². The summed E-state index contributed by atoms with van der Waals surface area (Å²) in [5.74, 6) is -1.19. The Hall–Kier alpha value is -6.65. The van der Waals surface area contributed by atoms with E-state index in [2.05, 4.69) is 278 Å². The highest BCUT2D eigenvalue weighted by atomic mass is 127. The molecule has 0 aliphatic carbocycles. The summed E-state index contributed by atoms with van der Waals surface area (Å²) in [6.45, 7) is 11.5. The van der Waals surface area contributed by atoms with Gasteiger partial charge in [-0.15, -0.1) is 0 Å². The first-order chi connectivity index (χ1) is 47.5. The van der Waals surface area contributed by atoms with Gasteiger partial charge in [-0.3, -0.25) is 0 Å². The molecule has 498 valence electrons. The van der Waals surface area contributed by atoms with Gasteiger partial charge in [0.05, 0.1) is 59.4 Å². The average Bonchev–Trinajstić information content (AvgIpc) is 0.821. The van der Waals surface area contributed by atoms with E-state index >= 15 is 0 Å². The lowest BCUT2D eigenvalue weighted by molar-refractivity contribution is -0.00430. The van der Waals surface area contributed by atoms with Crippen LogP contribution in [0.25, 0.3) is 0 Å². The molecule has 0 bridgehead atoms. The minimum Gasteiger partial charge on any atom is -0.451 e. The normalized spacial score (nSPS) is 11.4. The number of hydrogen-bond donors (Lipinski definition) is 0. The van der Waals surface area contributed by atoms with Crippen molar-refractivity contribution in [1.29, 1.82) is 0 Å². The summed E-state index contributed by atoms with van der Waals surface area (Å²) >= 11 is 22.4. The van der Waals surface area contributed by atoms with Crippen molar-refractivity contribution in [3.8, 4) is 0 Å². The summed E-state index contributed by atoms with van der Waals surface area (Å²) in [5, 5.41) is 0.786. The van der Waals surface area contributed by atoms with Crippen LogP contribution in [0.3, 0.4) is 0 Å². The quantitative estimate of drug-likeness (QED) is 0.0369. The van der Waals surface area contributed by atoms with E-state index in [1.165, 1.54) is 44.1 Å². The largest absolute Gasteiger partial charge is 0.451 e. The fourth-order valence-corrected chi connectivity index (χ4v) is 19.3. The topological polar surface area (TPSA) is 78.9 Å². The number of esters is 3. The molecule has 12 aromatic rings. The van der Waals surface area contributed by atoms with E-state index in [9.17, 15) is 14.4 Å². The molecule has 0 spiro atoms. The number of halogens is 6. The Kier molecular flexibility index (Phi) is 26.4. The second-order valence-corrected chi connectivity index (χ2v) is 35.4. The number of carbonyl (C=O) groups is 3. The molecule has 0 aliphatic rings. The predicted molar refractivity (Wildman–Crippen MR) is 435 cm³/mol. The van der Waals surface area contributed by atoms with Gasteiger partial charge < -0.3 is 14.2 Å². The molecule has 0 amide bonds. The highest BCUT2D eigenvalue weighted by molar-refractivity contribution is 14.1. The SMILES string of the molecule is CC(C)(OC(=O)c1cc(Br)ccc1I)c1ccc([S+](c2ccccc2)c2ccccc2)cc1.CC(C)(OC(=O)c1cc(I)ccc1Cl)c1ccc([S+](c2ccccc2)c2ccccc2)cc1.CC(C)(OC(=O)c1ccc(I)cc1Cl)c1ccc([S+](c2ccccc2)c2ccccc2)cc1. The fraction of sp³-hybridized carbons (Fsp3) is 0.107. The van der Waals surface area contributed by atoms with E-state index in [-0.39, 0.29) is 38.7 Å². The van der Waals surface area contributed by atoms with Gasteiger partial charge in [-0.25, -0.2) is 14.4 Å². The van der Waals surface area contributed by atoms with Crippen LogP contribution in [0.15, 0.2) is 358 Å². The Morgan fingerprint density at radius 3 is 0.889 bits per heavy atom. The molecule has 0 saturated carbocycles. The predicted octanol–water partition coefficient (Wildman–Crippen LogP) is 24.5. The highest BCUT2D eigenvalue weighted by Gasteiger charge is 2.35. The van der Waals surface area contributed by atoms with Crippen LogP contribution in [0.1, 0.15) is 89.3 Å². The number of ether oxygens (including phenoxy) is 3. The van der Waals surface area contributed by atoms with Gasteiger partial charge in [0.2, 0.25) is 0 Å². The summed E-state index contributed by atoms with van der Waals surface area (Å²) in [6.07, 6.45) is 0. The second-order valence-electron chi connectivity index (χ2n) is 23.9. The summed E-state index contributed by atoms with van der Waals surface area (Å²) in [5.41, 5.74) is 1.73. The van der Waals surface area contributed by atoms with Crippen LogP contribution in [0, 0.1) is 10.7 Å². The third kappa shape index (κ3) is 19.9. The highest BCUT2D eigenvalue weighted by Crippen LogP contribution is 2.39. The zero-order valence-electron chi connectivity index (χ0n) is 54.9. The van der Waals surface area contributed by atoms with Crippen molar-refractivity contribution in [2.24, 2.45) is 0 Å². The summed E-state index contributed by atoms with van der Waals surface area (Å²) < 4.78 is 21.3. The van der Waals surface area contributed by atoms with E-state index in [0.29, 0.717) is 26.7 Å². The lowest BCUT2D eigenvalue weighted by atomic mass is 9.98.